The normalized spacial score (nSPS) is 9.59. The fourth-order valence-electron chi connectivity index (χ4n) is 1.24. The van der Waals surface area contributed by atoms with Gasteiger partial charge in [0, 0.05) is 11.1 Å². The second-order valence-corrected chi connectivity index (χ2v) is 4.14. The van der Waals surface area contributed by atoms with E-state index in [4.69, 9.17) is 16.7 Å². The number of carbonyl (C=O) groups excluding carboxylic acids is 1. The van der Waals surface area contributed by atoms with Crippen LogP contribution in [0.25, 0.3) is 0 Å². The summed E-state index contributed by atoms with van der Waals surface area (Å²) in [7, 11) is 0. The Bertz CT molecular complexity index is 491. The Hall–Kier alpha value is -1.81. The number of halogens is 1. The maximum absolute atomic E-state index is 11.5. The van der Waals surface area contributed by atoms with E-state index in [9.17, 15) is 9.59 Å². The molecule has 4 nitrogen and oxygen atoms in total. The van der Waals surface area contributed by atoms with Gasteiger partial charge >= 0.3 is 5.97 Å². The van der Waals surface area contributed by atoms with Crippen LogP contribution in [0.4, 0.5) is 5.69 Å². The van der Waals surface area contributed by atoms with Crippen LogP contribution in [0.3, 0.4) is 0 Å². The number of benzene rings is 1. The van der Waals surface area contributed by atoms with E-state index in [0.29, 0.717) is 5.02 Å². The molecule has 0 fully saturated rings. The van der Waals surface area contributed by atoms with Gasteiger partial charge in [0.15, 0.2) is 0 Å². The number of carbonyl (C=O) groups is 2. The SMILES string of the molecule is CC(C)=CC(=O)Nc1cc(Cl)ccc1C(=O)O. The van der Waals surface area contributed by atoms with Crippen molar-refractivity contribution >= 4 is 29.2 Å². The highest BCUT2D eigenvalue weighted by atomic mass is 35.5. The van der Waals surface area contributed by atoms with Crippen LogP contribution in [0.5, 0.6) is 0 Å². The molecule has 0 radical (unpaired) electrons. The largest absolute Gasteiger partial charge is 0.478 e. The number of hydrogen-bond donors (Lipinski definition) is 2. The van der Waals surface area contributed by atoms with E-state index in [1.165, 1.54) is 24.3 Å². The van der Waals surface area contributed by atoms with Crippen LogP contribution in [0.1, 0.15) is 24.2 Å². The summed E-state index contributed by atoms with van der Waals surface area (Å²) in [4.78, 5) is 22.4. The minimum atomic E-state index is -1.12. The highest BCUT2D eigenvalue weighted by Crippen LogP contribution is 2.21. The van der Waals surface area contributed by atoms with Crippen LogP contribution in [-0.4, -0.2) is 17.0 Å². The predicted molar refractivity (Wildman–Crippen MR) is 66.5 cm³/mol. The average Bonchev–Trinajstić information content (AvgIpc) is 2.15. The quantitative estimate of drug-likeness (QED) is 0.814. The maximum atomic E-state index is 11.5. The van der Waals surface area contributed by atoms with Crippen molar-refractivity contribution in [2.45, 2.75) is 13.8 Å². The second-order valence-electron chi connectivity index (χ2n) is 3.71. The number of carboxylic acid groups (broad SMARTS) is 1. The molecule has 2 N–H and O–H groups in total. The minimum Gasteiger partial charge on any atom is -0.478 e. The van der Waals surface area contributed by atoms with Gasteiger partial charge in [-0.25, -0.2) is 4.79 Å². The molecular weight excluding hydrogens is 242 g/mol. The topological polar surface area (TPSA) is 66.4 Å². The Kier molecular flexibility index (Phi) is 4.29. The van der Waals surface area contributed by atoms with Crippen molar-refractivity contribution < 1.29 is 14.7 Å². The summed E-state index contributed by atoms with van der Waals surface area (Å²) in [5.41, 5.74) is 1.01. The molecule has 0 heterocycles. The lowest BCUT2D eigenvalue weighted by molar-refractivity contribution is -0.111. The van der Waals surface area contributed by atoms with Gasteiger partial charge in [-0.05, 0) is 32.0 Å². The molecule has 90 valence electrons. The van der Waals surface area contributed by atoms with Crippen LogP contribution in [0, 0.1) is 0 Å². The molecule has 0 saturated heterocycles. The smallest absolute Gasteiger partial charge is 0.337 e. The summed E-state index contributed by atoms with van der Waals surface area (Å²) < 4.78 is 0. The summed E-state index contributed by atoms with van der Waals surface area (Å²) in [5, 5.41) is 11.8. The zero-order valence-electron chi connectivity index (χ0n) is 9.45. The van der Waals surface area contributed by atoms with Crippen molar-refractivity contribution in [1.29, 1.82) is 0 Å². The number of allylic oxidation sites excluding steroid dienone is 1. The predicted octanol–water partition coefficient (Wildman–Crippen LogP) is 2.94. The van der Waals surface area contributed by atoms with Gasteiger partial charge in [-0.2, -0.15) is 0 Å². The molecule has 0 bridgehead atoms. The lowest BCUT2D eigenvalue weighted by Gasteiger charge is -2.07. The highest BCUT2D eigenvalue weighted by molar-refractivity contribution is 6.31. The first-order chi connectivity index (χ1) is 7.90. The van der Waals surface area contributed by atoms with Crippen molar-refractivity contribution in [2.24, 2.45) is 0 Å². The first-order valence-electron chi connectivity index (χ1n) is 4.89. The average molecular weight is 254 g/mol. The summed E-state index contributed by atoms with van der Waals surface area (Å²) in [6.45, 7) is 3.55. The van der Waals surface area contributed by atoms with E-state index in [-0.39, 0.29) is 17.2 Å². The first-order valence-corrected chi connectivity index (χ1v) is 5.26. The van der Waals surface area contributed by atoms with Gasteiger partial charge in [0.05, 0.1) is 11.3 Å². The van der Waals surface area contributed by atoms with Crippen molar-refractivity contribution in [2.75, 3.05) is 5.32 Å². The first kappa shape index (κ1) is 13.3. The number of nitrogens with one attached hydrogen (secondary N) is 1. The second kappa shape index (κ2) is 5.50. The van der Waals surface area contributed by atoms with Gasteiger partial charge < -0.3 is 10.4 Å². The summed E-state index contributed by atoms with van der Waals surface area (Å²) in [6, 6.07) is 4.21. The van der Waals surface area contributed by atoms with E-state index < -0.39 is 5.97 Å². The molecule has 0 aliphatic heterocycles. The van der Waals surface area contributed by atoms with E-state index in [1.807, 2.05) is 0 Å². The molecule has 0 saturated carbocycles. The highest BCUT2D eigenvalue weighted by Gasteiger charge is 2.11. The molecule has 0 spiro atoms. The molecule has 0 aromatic heterocycles. The van der Waals surface area contributed by atoms with E-state index >= 15 is 0 Å². The van der Waals surface area contributed by atoms with Gasteiger partial charge in [-0.15, -0.1) is 0 Å². The third kappa shape index (κ3) is 3.92. The van der Waals surface area contributed by atoms with Gasteiger partial charge in [0.25, 0.3) is 0 Å². The zero-order valence-corrected chi connectivity index (χ0v) is 10.2. The molecule has 5 heteroatoms. The number of hydrogen-bond acceptors (Lipinski definition) is 2. The number of amides is 1. The fourth-order valence-corrected chi connectivity index (χ4v) is 1.41. The van der Waals surface area contributed by atoms with E-state index in [0.717, 1.165) is 5.57 Å². The van der Waals surface area contributed by atoms with Crippen LogP contribution in [0.2, 0.25) is 5.02 Å². The minimum absolute atomic E-state index is 0.00454. The summed E-state index contributed by atoms with van der Waals surface area (Å²) in [6.07, 6.45) is 1.38. The molecule has 17 heavy (non-hydrogen) atoms. The standard InChI is InChI=1S/C12H12ClNO3/c1-7(2)5-11(15)14-10-6-8(13)3-4-9(10)12(16)17/h3-6H,1-2H3,(H,14,15)(H,16,17). The Morgan fingerprint density at radius 2 is 2.00 bits per heavy atom. The molecule has 1 aromatic rings. The molecule has 0 atom stereocenters. The molecule has 1 rings (SSSR count). The number of aromatic carboxylic acids is 1. The lowest BCUT2D eigenvalue weighted by atomic mass is 10.1. The van der Waals surface area contributed by atoms with Crippen LogP contribution in [0.15, 0.2) is 29.8 Å². The fraction of sp³-hybridized carbons (Fsp3) is 0.167. The maximum Gasteiger partial charge on any atom is 0.337 e. The molecule has 0 unspecified atom stereocenters. The zero-order chi connectivity index (χ0) is 13.0. The van der Waals surface area contributed by atoms with Gasteiger partial charge in [-0.1, -0.05) is 17.2 Å². The number of carboxylic acids is 1. The summed E-state index contributed by atoms with van der Waals surface area (Å²) >= 11 is 5.75. The monoisotopic (exact) mass is 253 g/mol. The van der Waals surface area contributed by atoms with Gasteiger partial charge in [0.2, 0.25) is 5.91 Å². The van der Waals surface area contributed by atoms with Gasteiger partial charge in [-0.3, -0.25) is 4.79 Å². The lowest BCUT2D eigenvalue weighted by Crippen LogP contribution is -2.12. The Morgan fingerprint density at radius 1 is 1.35 bits per heavy atom. The van der Waals surface area contributed by atoms with Gasteiger partial charge in [0.1, 0.15) is 0 Å². The third-order valence-corrected chi connectivity index (χ3v) is 2.12. The van der Waals surface area contributed by atoms with Crippen molar-refractivity contribution in [3.63, 3.8) is 0 Å². The molecule has 0 aliphatic carbocycles. The molecule has 0 aliphatic rings. The van der Waals surface area contributed by atoms with Crippen molar-refractivity contribution in [3.05, 3.63) is 40.4 Å². The van der Waals surface area contributed by atoms with Crippen LogP contribution in [-0.2, 0) is 4.79 Å². The molecule has 1 amide bonds. The van der Waals surface area contributed by atoms with Crippen molar-refractivity contribution in [1.82, 2.24) is 0 Å². The van der Waals surface area contributed by atoms with E-state index in [1.54, 1.807) is 13.8 Å². The Morgan fingerprint density at radius 3 is 2.53 bits per heavy atom. The number of anilines is 1. The van der Waals surface area contributed by atoms with Crippen LogP contribution >= 0.6 is 11.6 Å². The molecule has 1 aromatic carbocycles. The van der Waals surface area contributed by atoms with Crippen LogP contribution < -0.4 is 5.32 Å². The Balaban J connectivity index is 3.04. The van der Waals surface area contributed by atoms with E-state index in [2.05, 4.69) is 5.32 Å². The summed E-state index contributed by atoms with van der Waals surface area (Å²) in [5.74, 6) is -1.50. The van der Waals surface area contributed by atoms with Crippen molar-refractivity contribution in [3.8, 4) is 0 Å². The number of rotatable bonds is 3. The third-order valence-electron chi connectivity index (χ3n) is 1.89. The molecular formula is C12H12ClNO3. The Labute approximate surface area is 104 Å².